The van der Waals surface area contributed by atoms with Crippen LogP contribution < -0.4 is 10.2 Å². The number of hydrazone groups is 1. The van der Waals surface area contributed by atoms with Gasteiger partial charge in [-0.25, -0.2) is 4.79 Å². The van der Waals surface area contributed by atoms with Gasteiger partial charge in [0.15, 0.2) is 11.0 Å². The SMILES string of the molecule is CCOC(=O)/C(=N/Nc1ccc(C)cc1)Sc1nnc(-c2ccc(OC)cc2)n1C. The van der Waals surface area contributed by atoms with Crippen molar-refractivity contribution in [2.75, 3.05) is 19.1 Å². The molecule has 0 amide bonds. The smallest absolute Gasteiger partial charge is 0.365 e. The fourth-order valence-electron chi connectivity index (χ4n) is 2.53. The summed E-state index contributed by atoms with van der Waals surface area (Å²) in [5, 5.41) is 13.4. The maximum Gasteiger partial charge on any atom is 0.365 e. The molecule has 0 unspecified atom stereocenters. The Bertz CT molecular complexity index is 1030. The van der Waals surface area contributed by atoms with Gasteiger partial charge in [-0.1, -0.05) is 17.7 Å². The van der Waals surface area contributed by atoms with E-state index in [4.69, 9.17) is 9.47 Å². The summed E-state index contributed by atoms with van der Waals surface area (Å²) in [5.41, 5.74) is 5.67. The number of hydrogen-bond donors (Lipinski definition) is 1. The predicted octanol–water partition coefficient (Wildman–Crippen LogP) is 3.88. The average Bonchev–Trinajstić information content (AvgIpc) is 3.12. The van der Waals surface area contributed by atoms with Crippen molar-refractivity contribution in [2.24, 2.45) is 12.1 Å². The molecule has 1 N–H and O–H groups in total. The Morgan fingerprint density at radius 2 is 1.83 bits per heavy atom. The minimum absolute atomic E-state index is 0.134. The molecule has 0 saturated heterocycles. The van der Waals surface area contributed by atoms with Crippen molar-refractivity contribution in [3.8, 4) is 17.1 Å². The summed E-state index contributed by atoms with van der Waals surface area (Å²) < 4.78 is 12.1. The van der Waals surface area contributed by atoms with E-state index >= 15 is 0 Å². The zero-order valence-corrected chi connectivity index (χ0v) is 18.1. The number of rotatable bonds is 6. The molecule has 0 spiro atoms. The third kappa shape index (κ3) is 5.18. The number of thioether (sulfide) groups is 1. The number of aromatic nitrogens is 3. The number of esters is 1. The van der Waals surface area contributed by atoms with E-state index in [9.17, 15) is 4.79 Å². The van der Waals surface area contributed by atoms with Crippen LogP contribution in [0, 0.1) is 6.92 Å². The van der Waals surface area contributed by atoms with Crippen molar-refractivity contribution in [3.05, 3.63) is 54.1 Å². The second-order valence-corrected chi connectivity index (χ2v) is 7.27. The summed E-state index contributed by atoms with van der Waals surface area (Å²) in [4.78, 5) is 12.4. The van der Waals surface area contributed by atoms with E-state index in [1.54, 1.807) is 18.6 Å². The first-order chi connectivity index (χ1) is 14.5. The molecule has 30 heavy (non-hydrogen) atoms. The number of carbonyl (C=O) groups is 1. The third-order valence-electron chi connectivity index (χ3n) is 4.16. The molecular formula is C21H23N5O3S. The van der Waals surface area contributed by atoms with Gasteiger partial charge in [0.1, 0.15) is 5.75 Å². The number of hydrogen-bond acceptors (Lipinski definition) is 8. The highest BCUT2D eigenvalue weighted by molar-refractivity contribution is 8.15. The van der Waals surface area contributed by atoms with Gasteiger partial charge in [-0.15, -0.1) is 10.2 Å². The number of methoxy groups -OCH3 is 1. The van der Waals surface area contributed by atoms with Gasteiger partial charge in [0.05, 0.1) is 19.4 Å². The largest absolute Gasteiger partial charge is 0.497 e. The molecule has 0 aliphatic heterocycles. The van der Waals surface area contributed by atoms with E-state index in [1.165, 1.54) is 0 Å². The molecule has 2 aromatic carbocycles. The van der Waals surface area contributed by atoms with Gasteiger partial charge in [0.2, 0.25) is 5.04 Å². The van der Waals surface area contributed by atoms with E-state index in [2.05, 4.69) is 20.7 Å². The summed E-state index contributed by atoms with van der Waals surface area (Å²) >= 11 is 1.09. The summed E-state index contributed by atoms with van der Waals surface area (Å²) in [5.74, 6) is 0.889. The summed E-state index contributed by atoms with van der Waals surface area (Å²) in [7, 11) is 3.45. The highest BCUT2D eigenvalue weighted by Crippen LogP contribution is 2.25. The molecule has 0 radical (unpaired) electrons. The Morgan fingerprint density at radius 1 is 1.13 bits per heavy atom. The quantitative estimate of drug-likeness (QED) is 0.211. The lowest BCUT2D eigenvalue weighted by Crippen LogP contribution is -2.16. The minimum atomic E-state index is -0.531. The monoisotopic (exact) mass is 425 g/mol. The fourth-order valence-corrected chi connectivity index (χ4v) is 3.24. The Morgan fingerprint density at radius 3 is 2.47 bits per heavy atom. The molecule has 156 valence electrons. The van der Waals surface area contributed by atoms with Crippen molar-refractivity contribution in [3.63, 3.8) is 0 Å². The average molecular weight is 426 g/mol. The topological polar surface area (TPSA) is 90.6 Å². The Labute approximate surface area is 179 Å². The van der Waals surface area contributed by atoms with Gasteiger partial charge in [-0.3, -0.25) is 5.43 Å². The molecule has 0 bridgehead atoms. The number of nitrogens with zero attached hydrogens (tertiary/aromatic N) is 4. The number of anilines is 1. The Kier molecular flexibility index (Phi) is 7.08. The van der Waals surface area contributed by atoms with Crippen LogP contribution in [0.25, 0.3) is 11.4 Å². The van der Waals surface area contributed by atoms with Gasteiger partial charge >= 0.3 is 5.97 Å². The summed E-state index contributed by atoms with van der Waals surface area (Å²) in [6.07, 6.45) is 0. The van der Waals surface area contributed by atoms with Crippen LogP contribution in [0.5, 0.6) is 5.75 Å². The second-order valence-electron chi connectivity index (χ2n) is 6.31. The zero-order chi connectivity index (χ0) is 21.5. The first-order valence-electron chi connectivity index (χ1n) is 9.31. The van der Waals surface area contributed by atoms with Crippen LogP contribution in [0.4, 0.5) is 5.69 Å². The van der Waals surface area contributed by atoms with Crippen LogP contribution in [-0.4, -0.2) is 39.5 Å². The van der Waals surface area contributed by atoms with Gasteiger partial charge in [0, 0.05) is 12.6 Å². The molecule has 3 aromatic rings. The maximum atomic E-state index is 12.4. The molecule has 0 saturated carbocycles. The molecule has 1 aromatic heterocycles. The summed E-state index contributed by atoms with van der Waals surface area (Å²) in [6.45, 7) is 4.00. The molecule has 0 atom stereocenters. The highest BCUT2D eigenvalue weighted by atomic mass is 32.2. The molecule has 0 fully saturated rings. The number of carbonyl (C=O) groups excluding carboxylic acids is 1. The van der Waals surface area contributed by atoms with Crippen LogP contribution in [0.3, 0.4) is 0 Å². The van der Waals surface area contributed by atoms with E-state index < -0.39 is 5.97 Å². The molecule has 3 rings (SSSR count). The fraction of sp³-hybridized carbons (Fsp3) is 0.238. The van der Waals surface area contributed by atoms with Crippen molar-refractivity contribution in [2.45, 2.75) is 19.0 Å². The van der Waals surface area contributed by atoms with Gasteiger partial charge in [-0.2, -0.15) is 5.10 Å². The Hall–Kier alpha value is -3.33. The highest BCUT2D eigenvalue weighted by Gasteiger charge is 2.20. The van der Waals surface area contributed by atoms with E-state index in [0.29, 0.717) is 11.0 Å². The lowest BCUT2D eigenvalue weighted by molar-refractivity contribution is -0.134. The first kappa shape index (κ1) is 21.4. The lowest BCUT2D eigenvalue weighted by Gasteiger charge is -2.08. The summed E-state index contributed by atoms with van der Waals surface area (Å²) in [6, 6.07) is 15.2. The number of benzene rings is 2. The van der Waals surface area contributed by atoms with Crippen LogP contribution >= 0.6 is 11.8 Å². The molecule has 0 aliphatic carbocycles. The molecule has 1 heterocycles. The van der Waals surface area contributed by atoms with E-state index in [-0.39, 0.29) is 11.7 Å². The van der Waals surface area contributed by atoms with Crippen molar-refractivity contribution in [1.29, 1.82) is 0 Å². The van der Waals surface area contributed by atoms with Crippen molar-refractivity contribution < 1.29 is 14.3 Å². The van der Waals surface area contributed by atoms with Crippen molar-refractivity contribution in [1.82, 2.24) is 14.8 Å². The number of nitrogens with one attached hydrogen (secondary N) is 1. The van der Waals surface area contributed by atoms with Crippen LogP contribution in [0.1, 0.15) is 12.5 Å². The zero-order valence-electron chi connectivity index (χ0n) is 17.2. The number of aryl methyl sites for hydroxylation is 1. The minimum Gasteiger partial charge on any atom is -0.497 e. The standard InChI is InChI=1S/C21H23N5O3S/c1-5-29-20(27)19(24-22-16-10-6-14(2)7-11-16)30-21-25-23-18(26(21)3)15-8-12-17(28-4)13-9-15/h6-13,22H,5H2,1-4H3/b24-19-. The maximum absolute atomic E-state index is 12.4. The molecular weight excluding hydrogens is 402 g/mol. The van der Waals surface area contributed by atoms with Gasteiger partial charge < -0.3 is 14.0 Å². The second kappa shape index (κ2) is 9.93. The molecule has 8 nitrogen and oxygen atoms in total. The predicted molar refractivity (Wildman–Crippen MR) is 118 cm³/mol. The van der Waals surface area contributed by atoms with Gasteiger partial charge in [-0.05, 0) is 62.0 Å². The van der Waals surface area contributed by atoms with Crippen molar-refractivity contribution >= 4 is 28.5 Å². The van der Waals surface area contributed by atoms with E-state index in [1.807, 2.05) is 62.5 Å². The normalized spacial score (nSPS) is 11.3. The van der Waals surface area contributed by atoms with E-state index in [0.717, 1.165) is 34.3 Å². The third-order valence-corrected chi connectivity index (χ3v) is 5.15. The Balaban J connectivity index is 1.83. The lowest BCUT2D eigenvalue weighted by atomic mass is 10.2. The van der Waals surface area contributed by atoms with Crippen LogP contribution in [0.2, 0.25) is 0 Å². The van der Waals surface area contributed by atoms with Crippen LogP contribution in [0.15, 0.2) is 58.8 Å². The first-order valence-corrected chi connectivity index (χ1v) is 10.1. The molecule has 9 heteroatoms. The number of ether oxygens (including phenoxy) is 2. The van der Waals surface area contributed by atoms with Crippen LogP contribution in [-0.2, 0) is 16.6 Å². The molecule has 0 aliphatic rings. The van der Waals surface area contributed by atoms with Gasteiger partial charge in [0.25, 0.3) is 0 Å².